The molecule has 8 heteroatoms. The lowest BCUT2D eigenvalue weighted by Crippen LogP contribution is -2.32. The van der Waals surface area contributed by atoms with Crippen LogP contribution in [-0.2, 0) is 9.53 Å². The summed E-state index contributed by atoms with van der Waals surface area (Å²) in [6, 6.07) is 29.1. The number of nitrogens with one attached hydrogen (secondary N) is 1. The molecule has 2 heterocycles. The van der Waals surface area contributed by atoms with Crippen LogP contribution in [0.15, 0.2) is 96.4 Å². The van der Waals surface area contributed by atoms with Crippen molar-refractivity contribution in [3.63, 3.8) is 0 Å². The van der Waals surface area contributed by atoms with Crippen LogP contribution in [-0.4, -0.2) is 27.9 Å². The summed E-state index contributed by atoms with van der Waals surface area (Å²) in [5.74, 6) is -0.966. The van der Waals surface area contributed by atoms with Gasteiger partial charge in [-0.1, -0.05) is 79.7 Å². The maximum atomic E-state index is 13.5. The molecule has 2 aromatic heterocycles. The Morgan fingerprint density at radius 1 is 0.897 bits per heavy atom. The second kappa shape index (κ2) is 10.8. The van der Waals surface area contributed by atoms with E-state index in [0.717, 1.165) is 42.8 Å². The van der Waals surface area contributed by atoms with Gasteiger partial charge in [0.2, 0.25) is 0 Å². The van der Waals surface area contributed by atoms with Crippen molar-refractivity contribution < 1.29 is 14.3 Å². The van der Waals surface area contributed by atoms with Crippen LogP contribution in [0.25, 0.3) is 42.8 Å². The van der Waals surface area contributed by atoms with Crippen LogP contribution in [0.2, 0.25) is 0 Å². The van der Waals surface area contributed by atoms with Crippen molar-refractivity contribution in [2.45, 2.75) is 19.4 Å². The van der Waals surface area contributed by atoms with E-state index < -0.39 is 18.0 Å². The van der Waals surface area contributed by atoms with Gasteiger partial charge < -0.3 is 4.74 Å². The minimum absolute atomic E-state index is 0.323. The SMILES string of the molecule is CCC(OC(=O)c1cccc2cccc(-c3nc4ccccc4s3)c12)C(=O)Nc1nc(-c2ccccc2)cs1. The van der Waals surface area contributed by atoms with E-state index in [4.69, 9.17) is 9.72 Å². The highest BCUT2D eigenvalue weighted by atomic mass is 32.1. The highest BCUT2D eigenvalue weighted by Crippen LogP contribution is 2.36. The number of esters is 1. The fourth-order valence-electron chi connectivity index (χ4n) is 4.45. The van der Waals surface area contributed by atoms with Crippen LogP contribution >= 0.6 is 22.7 Å². The van der Waals surface area contributed by atoms with Gasteiger partial charge in [0.05, 0.1) is 21.5 Å². The third-order valence-corrected chi connectivity index (χ3v) is 8.19. The smallest absolute Gasteiger partial charge is 0.339 e. The van der Waals surface area contributed by atoms with Crippen LogP contribution in [0.1, 0.15) is 23.7 Å². The quantitative estimate of drug-likeness (QED) is 0.205. The number of hydrogen-bond donors (Lipinski definition) is 1. The topological polar surface area (TPSA) is 81.2 Å². The van der Waals surface area contributed by atoms with Crippen LogP contribution in [0.5, 0.6) is 0 Å². The summed E-state index contributed by atoms with van der Waals surface area (Å²) < 4.78 is 6.85. The van der Waals surface area contributed by atoms with Crippen LogP contribution in [0.3, 0.4) is 0 Å². The Hall–Kier alpha value is -4.40. The number of thiazole rings is 2. The molecule has 1 amide bonds. The van der Waals surface area contributed by atoms with E-state index in [9.17, 15) is 9.59 Å². The van der Waals surface area contributed by atoms with E-state index in [-0.39, 0.29) is 0 Å². The molecule has 1 atom stereocenters. The average molecular weight is 550 g/mol. The zero-order chi connectivity index (χ0) is 26.8. The first kappa shape index (κ1) is 24.9. The van der Waals surface area contributed by atoms with E-state index in [1.54, 1.807) is 17.4 Å². The second-order valence-corrected chi connectivity index (χ2v) is 10.8. The molecule has 0 radical (unpaired) electrons. The first-order valence-electron chi connectivity index (χ1n) is 12.5. The fourth-order valence-corrected chi connectivity index (χ4v) is 6.17. The number of anilines is 1. The second-order valence-electron chi connectivity index (χ2n) is 8.89. The number of carbonyl (C=O) groups is 2. The fraction of sp³-hybridized carbons (Fsp3) is 0.0968. The molecule has 6 nitrogen and oxygen atoms in total. The molecule has 4 aromatic carbocycles. The number of carbonyl (C=O) groups excluding carboxylic acids is 2. The third-order valence-electron chi connectivity index (χ3n) is 6.37. The first-order chi connectivity index (χ1) is 19.1. The van der Waals surface area contributed by atoms with Gasteiger partial charge in [-0.2, -0.15) is 0 Å². The zero-order valence-corrected chi connectivity index (χ0v) is 22.6. The number of benzene rings is 4. The lowest BCUT2D eigenvalue weighted by Gasteiger charge is -2.16. The summed E-state index contributed by atoms with van der Waals surface area (Å²) in [5, 5.41) is 7.63. The Morgan fingerprint density at radius 3 is 2.46 bits per heavy atom. The maximum absolute atomic E-state index is 13.5. The van der Waals surface area contributed by atoms with Gasteiger partial charge in [0.1, 0.15) is 5.01 Å². The van der Waals surface area contributed by atoms with Gasteiger partial charge in [-0.25, -0.2) is 14.8 Å². The van der Waals surface area contributed by atoms with Gasteiger partial charge in [-0.05, 0) is 30.0 Å². The average Bonchev–Trinajstić information content (AvgIpc) is 3.63. The van der Waals surface area contributed by atoms with Gasteiger partial charge in [0.15, 0.2) is 11.2 Å². The van der Waals surface area contributed by atoms with Gasteiger partial charge in [0.25, 0.3) is 5.91 Å². The Labute approximate surface area is 232 Å². The number of aromatic nitrogens is 2. The number of ether oxygens (including phenoxy) is 1. The Bertz CT molecular complexity index is 1770. The molecule has 192 valence electrons. The van der Waals surface area contributed by atoms with E-state index in [1.807, 2.05) is 97.2 Å². The molecule has 0 saturated heterocycles. The van der Waals surface area contributed by atoms with Crippen LogP contribution < -0.4 is 5.32 Å². The Balaban J connectivity index is 1.26. The largest absolute Gasteiger partial charge is 0.449 e. The molecule has 1 unspecified atom stereocenters. The summed E-state index contributed by atoms with van der Waals surface area (Å²) in [7, 11) is 0. The van der Waals surface area contributed by atoms with Gasteiger partial charge in [-0.15, -0.1) is 22.7 Å². The highest BCUT2D eigenvalue weighted by molar-refractivity contribution is 7.21. The molecule has 0 saturated carbocycles. The molecule has 0 spiro atoms. The summed E-state index contributed by atoms with van der Waals surface area (Å²) in [4.78, 5) is 35.9. The molecule has 1 N–H and O–H groups in total. The number of fused-ring (bicyclic) bond motifs is 2. The zero-order valence-electron chi connectivity index (χ0n) is 21.0. The van der Waals surface area contributed by atoms with Crippen molar-refractivity contribution >= 4 is 60.7 Å². The molecule has 0 fully saturated rings. The monoisotopic (exact) mass is 549 g/mol. The lowest BCUT2D eigenvalue weighted by molar-refractivity contribution is -0.124. The molecule has 39 heavy (non-hydrogen) atoms. The van der Waals surface area contributed by atoms with Crippen LogP contribution in [0.4, 0.5) is 5.13 Å². The predicted octanol–water partition coefficient (Wildman–Crippen LogP) is 7.81. The molecule has 0 aliphatic heterocycles. The minimum Gasteiger partial charge on any atom is -0.449 e. The molecule has 0 aliphatic rings. The van der Waals surface area contributed by atoms with Gasteiger partial charge in [-0.3, -0.25) is 10.1 Å². The van der Waals surface area contributed by atoms with Crippen molar-refractivity contribution in [2.75, 3.05) is 5.32 Å². The first-order valence-corrected chi connectivity index (χ1v) is 14.2. The van der Waals surface area contributed by atoms with E-state index in [1.165, 1.54) is 11.3 Å². The Kier molecular flexibility index (Phi) is 6.87. The number of rotatable bonds is 7. The number of amides is 1. The lowest BCUT2D eigenvalue weighted by atomic mass is 9.99. The summed E-state index contributed by atoms with van der Waals surface area (Å²) in [6.45, 7) is 1.81. The molecule has 6 rings (SSSR count). The normalized spacial score (nSPS) is 11.9. The summed E-state index contributed by atoms with van der Waals surface area (Å²) >= 11 is 2.91. The Morgan fingerprint density at radius 2 is 1.67 bits per heavy atom. The van der Waals surface area contributed by atoms with Gasteiger partial charge in [0, 0.05) is 21.9 Å². The molecule has 0 aliphatic carbocycles. The van der Waals surface area contributed by atoms with Gasteiger partial charge >= 0.3 is 5.97 Å². The van der Waals surface area contributed by atoms with Crippen molar-refractivity contribution in [3.8, 4) is 21.8 Å². The van der Waals surface area contributed by atoms with Crippen molar-refractivity contribution in [1.29, 1.82) is 0 Å². The van der Waals surface area contributed by atoms with Crippen molar-refractivity contribution in [1.82, 2.24) is 9.97 Å². The van der Waals surface area contributed by atoms with E-state index in [2.05, 4.69) is 10.3 Å². The summed E-state index contributed by atoms with van der Waals surface area (Å²) in [5.41, 5.74) is 3.91. The third kappa shape index (κ3) is 5.04. The number of nitrogens with zero attached hydrogens (tertiary/aromatic N) is 2. The number of hydrogen-bond acceptors (Lipinski definition) is 7. The standard InChI is InChI=1S/C31H23N3O3S2/c1-2-25(28(35)34-31-33-24(18-38-31)19-10-4-3-5-11-19)37-30(36)22-15-9-13-20-12-8-14-21(27(20)22)29-32-23-16-6-7-17-26(23)39-29/h3-18,25H,2H2,1H3,(H,33,34,35). The van der Waals surface area contributed by atoms with E-state index >= 15 is 0 Å². The molecular weight excluding hydrogens is 526 g/mol. The summed E-state index contributed by atoms with van der Waals surface area (Å²) in [6.07, 6.45) is -0.643. The molecule has 6 aromatic rings. The van der Waals surface area contributed by atoms with Crippen molar-refractivity contribution in [3.05, 3.63) is 102 Å². The highest BCUT2D eigenvalue weighted by Gasteiger charge is 2.25. The van der Waals surface area contributed by atoms with Crippen LogP contribution in [0, 0.1) is 0 Å². The maximum Gasteiger partial charge on any atom is 0.339 e. The van der Waals surface area contributed by atoms with Crippen molar-refractivity contribution in [2.24, 2.45) is 0 Å². The minimum atomic E-state index is -0.966. The predicted molar refractivity (Wildman–Crippen MR) is 158 cm³/mol. The van der Waals surface area contributed by atoms with E-state index in [0.29, 0.717) is 17.1 Å². The molecule has 0 bridgehead atoms. The molecular formula is C31H23N3O3S2. The number of para-hydroxylation sites is 1.